The molecule has 0 bridgehead atoms. The van der Waals surface area contributed by atoms with Crippen molar-refractivity contribution in [2.75, 3.05) is 19.3 Å². The van der Waals surface area contributed by atoms with Gasteiger partial charge in [0.2, 0.25) is 0 Å². The van der Waals surface area contributed by atoms with Gasteiger partial charge in [-0.3, -0.25) is 4.79 Å². The number of nitrogen functional groups attached to an aromatic ring is 1. The van der Waals surface area contributed by atoms with Gasteiger partial charge in [-0.1, -0.05) is 0 Å². The summed E-state index contributed by atoms with van der Waals surface area (Å²) in [6.45, 7) is -0.655. The molecule has 0 aromatic heterocycles. The summed E-state index contributed by atoms with van der Waals surface area (Å²) in [4.78, 5) is 12.3. The third kappa shape index (κ3) is 4.08. The molecule has 1 aromatic rings. The molecule has 19 heavy (non-hydrogen) atoms. The Balaban J connectivity index is 2.89. The van der Waals surface area contributed by atoms with Crippen molar-refractivity contribution in [3.05, 3.63) is 29.3 Å². The topological polar surface area (TPSA) is 46.3 Å². The van der Waals surface area contributed by atoms with E-state index in [4.69, 9.17) is 5.73 Å². The number of carbonyl (C=O) groups excluding carboxylic acids is 1. The predicted molar refractivity (Wildman–Crippen MR) is 58.4 cm³/mol. The van der Waals surface area contributed by atoms with Gasteiger partial charge in [-0.2, -0.15) is 13.2 Å². The van der Waals surface area contributed by atoms with Gasteiger partial charge < -0.3 is 10.6 Å². The van der Waals surface area contributed by atoms with E-state index in [1.165, 1.54) is 0 Å². The van der Waals surface area contributed by atoms with Crippen LogP contribution >= 0.6 is 0 Å². The third-order valence-corrected chi connectivity index (χ3v) is 2.37. The Morgan fingerprint density at radius 1 is 1.32 bits per heavy atom. The third-order valence-electron chi connectivity index (χ3n) is 2.37. The van der Waals surface area contributed by atoms with Crippen LogP contribution in [0.4, 0.5) is 27.6 Å². The number of benzene rings is 1. The lowest BCUT2D eigenvalue weighted by molar-refractivity contribution is -0.136. The number of hydrogen-bond acceptors (Lipinski definition) is 2. The van der Waals surface area contributed by atoms with E-state index in [9.17, 15) is 26.7 Å². The maximum absolute atomic E-state index is 13.5. The second-order valence-electron chi connectivity index (χ2n) is 3.95. The minimum Gasteiger partial charge on any atom is -0.396 e. The van der Waals surface area contributed by atoms with Crippen LogP contribution in [0, 0.1) is 11.6 Å². The Bertz CT molecular complexity index is 487. The lowest BCUT2D eigenvalue weighted by Crippen LogP contribution is -2.31. The lowest BCUT2D eigenvalue weighted by Gasteiger charge is -2.18. The van der Waals surface area contributed by atoms with Gasteiger partial charge in [0.1, 0.15) is 5.82 Å². The lowest BCUT2D eigenvalue weighted by atomic mass is 10.1. The second-order valence-corrected chi connectivity index (χ2v) is 3.95. The zero-order valence-electron chi connectivity index (χ0n) is 9.89. The van der Waals surface area contributed by atoms with Crippen LogP contribution in [0.25, 0.3) is 0 Å². The van der Waals surface area contributed by atoms with E-state index in [2.05, 4.69) is 0 Å². The molecule has 0 saturated carbocycles. The van der Waals surface area contributed by atoms with E-state index in [1.807, 2.05) is 0 Å². The van der Waals surface area contributed by atoms with Crippen LogP contribution in [0.1, 0.15) is 16.8 Å². The Labute approximate surface area is 105 Å². The molecule has 106 valence electrons. The molecule has 0 heterocycles. The molecule has 8 heteroatoms. The molecule has 1 rings (SSSR count). The molecule has 0 radical (unpaired) electrons. The zero-order chi connectivity index (χ0) is 14.8. The van der Waals surface area contributed by atoms with Crippen LogP contribution in [0.3, 0.4) is 0 Å². The molecule has 2 N–H and O–H groups in total. The summed E-state index contributed by atoms with van der Waals surface area (Å²) in [5.41, 5.74) is 3.87. The van der Waals surface area contributed by atoms with Crippen LogP contribution in [0.5, 0.6) is 0 Å². The maximum atomic E-state index is 13.5. The standard InChI is InChI=1S/C11H11F5N2O/c1-18(3-2-11(14,15)16)10(19)7-4-6(12)5-8(17)9(7)13/h4-5H,2-3,17H2,1H3. The summed E-state index contributed by atoms with van der Waals surface area (Å²) in [7, 11) is 1.06. The first kappa shape index (κ1) is 15.2. The molecule has 0 atom stereocenters. The summed E-state index contributed by atoms with van der Waals surface area (Å²) < 4.78 is 62.5. The van der Waals surface area contributed by atoms with Crippen molar-refractivity contribution in [3.63, 3.8) is 0 Å². The van der Waals surface area contributed by atoms with Gasteiger partial charge in [0.25, 0.3) is 5.91 Å². The Morgan fingerprint density at radius 3 is 2.42 bits per heavy atom. The molecule has 0 aliphatic rings. The number of hydrogen-bond donors (Lipinski definition) is 1. The molecule has 0 fully saturated rings. The first-order chi connectivity index (χ1) is 8.61. The number of anilines is 1. The quantitative estimate of drug-likeness (QED) is 0.684. The molecule has 0 saturated heterocycles. The highest BCUT2D eigenvalue weighted by molar-refractivity contribution is 5.95. The smallest absolute Gasteiger partial charge is 0.390 e. The highest BCUT2D eigenvalue weighted by Crippen LogP contribution is 2.22. The molecular weight excluding hydrogens is 271 g/mol. The Kier molecular flexibility index (Phi) is 4.33. The van der Waals surface area contributed by atoms with E-state index < -0.39 is 47.9 Å². The molecule has 0 aliphatic carbocycles. The van der Waals surface area contributed by atoms with Crippen LogP contribution in [-0.2, 0) is 0 Å². The average Bonchev–Trinajstić information content (AvgIpc) is 2.28. The zero-order valence-corrected chi connectivity index (χ0v) is 9.89. The second kappa shape index (κ2) is 5.41. The van der Waals surface area contributed by atoms with E-state index in [0.29, 0.717) is 17.0 Å². The number of amides is 1. The van der Waals surface area contributed by atoms with E-state index in [0.717, 1.165) is 7.05 Å². The number of nitrogens with zero attached hydrogens (tertiary/aromatic N) is 1. The summed E-state index contributed by atoms with van der Waals surface area (Å²) in [6, 6.07) is 1.28. The van der Waals surface area contributed by atoms with Gasteiger partial charge in [-0.25, -0.2) is 8.78 Å². The minimum absolute atomic E-state index is 0.576. The van der Waals surface area contributed by atoms with Crippen molar-refractivity contribution in [3.8, 4) is 0 Å². The monoisotopic (exact) mass is 282 g/mol. The first-order valence-electron chi connectivity index (χ1n) is 5.18. The molecule has 1 amide bonds. The van der Waals surface area contributed by atoms with Crippen molar-refractivity contribution >= 4 is 11.6 Å². The fourth-order valence-electron chi connectivity index (χ4n) is 1.37. The van der Waals surface area contributed by atoms with E-state index >= 15 is 0 Å². The predicted octanol–water partition coefficient (Wildman–Crippen LogP) is 2.57. The molecule has 1 aromatic carbocycles. The highest BCUT2D eigenvalue weighted by Gasteiger charge is 2.29. The van der Waals surface area contributed by atoms with Crippen LogP contribution < -0.4 is 5.73 Å². The van der Waals surface area contributed by atoms with Gasteiger partial charge in [-0.05, 0) is 12.1 Å². The van der Waals surface area contributed by atoms with E-state index in [1.54, 1.807) is 0 Å². The molecule has 0 aliphatic heterocycles. The molecule has 0 unspecified atom stereocenters. The van der Waals surface area contributed by atoms with Gasteiger partial charge in [0.15, 0.2) is 5.82 Å². The summed E-state index contributed by atoms with van der Waals surface area (Å²) in [6.07, 6.45) is -5.67. The summed E-state index contributed by atoms with van der Waals surface area (Å²) >= 11 is 0. The van der Waals surface area contributed by atoms with Crippen molar-refractivity contribution in [2.24, 2.45) is 0 Å². The fourth-order valence-corrected chi connectivity index (χ4v) is 1.37. The average molecular weight is 282 g/mol. The normalized spacial score (nSPS) is 11.5. The number of carbonyl (C=O) groups is 1. The molecular formula is C11H11F5N2O. The number of rotatable bonds is 3. The van der Waals surface area contributed by atoms with Crippen LogP contribution in [0.15, 0.2) is 12.1 Å². The van der Waals surface area contributed by atoms with E-state index in [-0.39, 0.29) is 0 Å². The Morgan fingerprint density at radius 2 is 1.89 bits per heavy atom. The fraction of sp³-hybridized carbons (Fsp3) is 0.364. The van der Waals surface area contributed by atoms with Crippen LogP contribution in [-0.4, -0.2) is 30.6 Å². The van der Waals surface area contributed by atoms with Gasteiger partial charge >= 0.3 is 6.18 Å². The summed E-state index contributed by atoms with van der Waals surface area (Å²) in [5, 5.41) is 0. The number of nitrogens with two attached hydrogens (primary N) is 1. The summed E-state index contributed by atoms with van der Waals surface area (Å²) in [5.74, 6) is -3.15. The van der Waals surface area contributed by atoms with Gasteiger partial charge in [0, 0.05) is 13.6 Å². The Hall–Kier alpha value is -1.86. The van der Waals surface area contributed by atoms with Crippen molar-refractivity contribution in [1.82, 2.24) is 4.90 Å². The molecule has 3 nitrogen and oxygen atoms in total. The van der Waals surface area contributed by atoms with Crippen LogP contribution in [0.2, 0.25) is 0 Å². The largest absolute Gasteiger partial charge is 0.396 e. The van der Waals surface area contributed by atoms with Gasteiger partial charge in [0.05, 0.1) is 17.7 Å². The van der Waals surface area contributed by atoms with Gasteiger partial charge in [-0.15, -0.1) is 0 Å². The number of halogens is 5. The van der Waals surface area contributed by atoms with Crippen molar-refractivity contribution in [1.29, 1.82) is 0 Å². The molecule has 0 spiro atoms. The minimum atomic E-state index is -4.44. The first-order valence-corrected chi connectivity index (χ1v) is 5.18. The maximum Gasteiger partial charge on any atom is 0.390 e. The van der Waals surface area contributed by atoms with Crippen molar-refractivity contribution in [2.45, 2.75) is 12.6 Å². The highest BCUT2D eigenvalue weighted by atomic mass is 19.4. The SMILES string of the molecule is CN(CCC(F)(F)F)C(=O)c1cc(F)cc(N)c1F. The number of alkyl halides is 3. The van der Waals surface area contributed by atoms with Crippen molar-refractivity contribution < 1.29 is 26.7 Å².